The normalized spacial score (nSPS) is 5.74. The minimum atomic E-state index is -1.82. The Morgan fingerprint density at radius 3 is 0.478 bits per heavy atom. The molecule has 143 valence electrons. The molecule has 0 rings (SSSR count). The summed E-state index contributed by atoms with van der Waals surface area (Å²) in [4.78, 5) is 54.6. The fourth-order valence-corrected chi connectivity index (χ4v) is 0. The molecule has 0 aliphatic rings. The van der Waals surface area contributed by atoms with Crippen molar-refractivity contribution in [1.29, 1.82) is 0 Å². The molecule has 0 heterocycles. The van der Waals surface area contributed by atoms with Crippen LogP contribution >= 0.6 is 0 Å². The maximum Gasteiger partial charge on any atom is 0.414 e. The van der Waals surface area contributed by atoms with Crippen molar-refractivity contribution in [3.8, 4) is 0 Å². The standard InChI is InChI=1S/3C2H2O4.Fe.Mn.Ni.2H2O/c3*3-1(4)2(5)6;;;;;/h3*(H,3,4)(H,5,6);;;;2*1H2. The van der Waals surface area contributed by atoms with Crippen molar-refractivity contribution in [2.45, 2.75) is 0 Å². The summed E-state index contributed by atoms with van der Waals surface area (Å²) in [6.45, 7) is 0. The van der Waals surface area contributed by atoms with Gasteiger partial charge in [0, 0.05) is 50.6 Å². The van der Waals surface area contributed by atoms with Crippen molar-refractivity contribution in [2.75, 3.05) is 0 Å². The van der Waals surface area contributed by atoms with Gasteiger partial charge >= 0.3 is 35.8 Å². The Bertz CT molecular complexity index is 290. The fraction of sp³-hybridized carbons (Fsp3) is 0. The predicted octanol–water partition coefficient (Wildman–Crippen LogP) is -4.19. The van der Waals surface area contributed by atoms with Gasteiger partial charge in [-0.25, -0.2) is 28.8 Å². The molecule has 1 radical (unpaired) electrons. The van der Waals surface area contributed by atoms with Crippen LogP contribution in [0.15, 0.2) is 0 Å². The Hall–Kier alpha value is -1.73. The van der Waals surface area contributed by atoms with E-state index in [-0.39, 0.29) is 61.6 Å². The van der Waals surface area contributed by atoms with Gasteiger partial charge in [-0.1, -0.05) is 0 Å². The minimum absolute atomic E-state index is 0. The first kappa shape index (κ1) is 49.6. The van der Waals surface area contributed by atoms with Crippen LogP contribution < -0.4 is 0 Å². The predicted molar refractivity (Wildman–Crippen MR) is 53.0 cm³/mol. The summed E-state index contributed by atoms with van der Waals surface area (Å²) in [5.41, 5.74) is 0. The first-order chi connectivity index (χ1) is 7.93. The second-order valence-corrected chi connectivity index (χ2v) is 1.83. The second-order valence-electron chi connectivity index (χ2n) is 1.83. The molecule has 0 fully saturated rings. The molecule has 0 aliphatic carbocycles. The molecule has 0 saturated carbocycles. The summed E-state index contributed by atoms with van der Waals surface area (Å²) in [5.74, 6) is -10.9. The third kappa shape index (κ3) is 64.1. The molecule has 0 aromatic heterocycles. The zero-order chi connectivity index (χ0) is 15.5. The van der Waals surface area contributed by atoms with Crippen LogP contribution in [0.1, 0.15) is 0 Å². The van der Waals surface area contributed by atoms with Gasteiger partial charge in [0.15, 0.2) is 0 Å². The third-order valence-corrected chi connectivity index (χ3v) is 0.549. The molecule has 17 heteroatoms. The number of rotatable bonds is 0. The molecule has 0 saturated heterocycles. The summed E-state index contributed by atoms with van der Waals surface area (Å²) >= 11 is 0. The zero-order valence-electron chi connectivity index (χ0n) is 10.2. The molecule has 14 nitrogen and oxygen atoms in total. The molecule has 0 aromatic rings. The Kier molecular flexibility index (Phi) is 61.4. The topological polar surface area (TPSA) is 287 Å². The van der Waals surface area contributed by atoms with Crippen LogP contribution in [0.4, 0.5) is 0 Å². The molecule has 0 aromatic carbocycles. The number of hydrogen-bond acceptors (Lipinski definition) is 6. The van der Waals surface area contributed by atoms with E-state index < -0.39 is 35.8 Å². The zero-order valence-corrected chi connectivity index (χ0v) is 13.5. The first-order valence-electron chi connectivity index (χ1n) is 3.32. The van der Waals surface area contributed by atoms with Crippen LogP contribution in [0.3, 0.4) is 0 Å². The van der Waals surface area contributed by atoms with E-state index in [1.165, 1.54) is 0 Å². The molecule has 0 amide bonds. The smallest absolute Gasteiger partial charge is 0.414 e. The van der Waals surface area contributed by atoms with Crippen molar-refractivity contribution in [3.63, 3.8) is 0 Å². The Labute approximate surface area is 157 Å². The number of carboxylic acids is 6. The number of carboxylic acid groups (broad SMARTS) is 6. The van der Waals surface area contributed by atoms with Gasteiger partial charge in [-0.2, -0.15) is 0 Å². The van der Waals surface area contributed by atoms with Gasteiger partial charge in [-0.15, -0.1) is 0 Å². The largest absolute Gasteiger partial charge is 0.473 e. The maximum absolute atomic E-state index is 9.10. The molecule has 0 bridgehead atoms. The van der Waals surface area contributed by atoms with Crippen LogP contribution in [0, 0.1) is 0 Å². The monoisotopic (exact) mass is 475 g/mol. The molecule has 0 spiro atoms. The van der Waals surface area contributed by atoms with E-state index in [9.17, 15) is 0 Å². The van der Waals surface area contributed by atoms with Crippen LogP contribution in [0.25, 0.3) is 0 Å². The minimum Gasteiger partial charge on any atom is -0.473 e. The van der Waals surface area contributed by atoms with Crippen LogP contribution in [0.2, 0.25) is 0 Å². The summed E-state index contributed by atoms with van der Waals surface area (Å²) < 4.78 is 0. The summed E-state index contributed by atoms with van der Waals surface area (Å²) in [5, 5.41) is 44.3. The molecule has 0 unspecified atom stereocenters. The van der Waals surface area contributed by atoms with Crippen molar-refractivity contribution < 1.29 is 121 Å². The van der Waals surface area contributed by atoms with Crippen LogP contribution in [-0.2, 0) is 79.4 Å². The Morgan fingerprint density at radius 1 is 0.435 bits per heavy atom. The van der Waals surface area contributed by atoms with Crippen molar-refractivity contribution in [3.05, 3.63) is 0 Å². The van der Waals surface area contributed by atoms with E-state index in [0.717, 1.165) is 0 Å². The van der Waals surface area contributed by atoms with Crippen molar-refractivity contribution in [2.24, 2.45) is 0 Å². The van der Waals surface area contributed by atoms with Crippen LogP contribution in [0.5, 0.6) is 0 Å². The Balaban J connectivity index is -0.0000000221. The molecule has 0 atom stereocenters. The summed E-state index contributed by atoms with van der Waals surface area (Å²) in [6, 6.07) is 0. The van der Waals surface area contributed by atoms with Gasteiger partial charge in [0.1, 0.15) is 0 Å². The second kappa shape index (κ2) is 28.4. The third-order valence-electron chi connectivity index (χ3n) is 0.549. The molecular weight excluding hydrogens is 466 g/mol. The van der Waals surface area contributed by atoms with E-state index in [0.29, 0.717) is 0 Å². The van der Waals surface area contributed by atoms with Gasteiger partial charge in [0.2, 0.25) is 0 Å². The number of hydrogen-bond donors (Lipinski definition) is 6. The fourth-order valence-electron chi connectivity index (χ4n) is 0. The average Bonchev–Trinajstić information content (AvgIpc) is 2.18. The van der Waals surface area contributed by atoms with E-state index in [2.05, 4.69) is 0 Å². The van der Waals surface area contributed by atoms with Crippen molar-refractivity contribution in [1.82, 2.24) is 0 Å². The molecular formula is C6H10FeMnNiO14. The van der Waals surface area contributed by atoms with Gasteiger partial charge in [-0.05, 0) is 0 Å². The van der Waals surface area contributed by atoms with E-state index >= 15 is 0 Å². The summed E-state index contributed by atoms with van der Waals surface area (Å²) in [7, 11) is 0. The first-order valence-corrected chi connectivity index (χ1v) is 3.32. The molecule has 0 aliphatic heterocycles. The number of carbonyl (C=O) groups is 6. The van der Waals surface area contributed by atoms with Gasteiger partial charge in [0.05, 0.1) is 0 Å². The van der Waals surface area contributed by atoms with Gasteiger partial charge in [-0.3, -0.25) is 0 Å². The van der Waals surface area contributed by atoms with Gasteiger partial charge < -0.3 is 41.6 Å². The quantitative estimate of drug-likeness (QED) is 0.143. The maximum atomic E-state index is 9.10. The average molecular weight is 476 g/mol. The molecule has 23 heavy (non-hydrogen) atoms. The van der Waals surface area contributed by atoms with Crippen LogP contribution in [-0.4, -0.2) is 77.4 Å². The van der Waals surface area contributed by atoms with E-state index in [4.69, 9.17) is 59.4 Å². The SMILES string of the molecule is O.O.O=C(O)C(=O)O.O=C(O)C(=O)O.O=C(O)C(=O)O.[Fe].[Mn].[Ni]. The van der Waals surface area contributed by atoms with Gasteiger partial charge in [0.25, 0.3) is 0 Å². The summed E-state index contributed by atoms with van der Waals surface area (Å²) in [6.07, 6.45) is 0. The Morgan fingerprint density at radius 2 is 0.478 bits per heavy atom. The van der Waals surface area contributed by atoms with E-state index in [1.807, 2.05) is 0 Å². The van der Waals surface area contributed by atoms with E-state index in [1.54, 1.807) is 0 Å². The van der Waals surface area contributed by atoms with Crippen molar-refractivity contribution >= 4 is 35.8 Å². The number of aliphatic carboxylic acids is 6. The molecule has 10 N–H and O–H groups in total.